The van der Waals surface area contributed by atoms with Gasteiger partial charge in [-0.15, -0.1) is 0 Å². The molecule has 3 atom stereocenters. The van der Waals surface area contributed by atoms with Crippen LogP contribution >= 0.6 is 0 Å². The number of urea groups is 1. The van der Waals surface area contributed by atoms with Crippen molar-refractivity contribution in [3.8, 4) is 0 Å². The lowest BCUT2D eigenvalue weighted by atomic mass is 10.1. The number of carboxylic acids is 1. The zero-order valence-corrected chi connectivity index (χ0v) is 11.2. The molecule has 0 bridgehead atoms. The average Bonchev–Trinajstić information content (AvgIpc) is 2.95. The van der Waals surface area contributed by atoms with Gasteiger partial charge < -0.3 is 15.7 Å². The lowest BCUT2D eigenvalue weighted by Gasteiger charge is -2.16. The van der Waals surface area contributed by atoms with Crippen molar-refractivity contribution in [2.45, 2.75) is 64.5 Å². The predicted molar refractivity (Wildman–Crippen MR) is 69.4 cm³/mol. The molecule has 104 valence electrons. The second kappa shape index (κ2) is 7.24. The van der Waals surface area contributed by atoms with Crippen molar-refractivity contribution in [2.75, 3.05) is 0 Å². The van der Waals surface area contributed by atoms with Crippen molar-refractivity contribution < 1.29 is 14.7 Å². The first-order chi connectivity index (χ1) is 8.56. The molecule has 0 aromatic heterocycles. The monoisotopic (exact) mass is 256 g/mol. The van der Waals surface area contributed by atoms with Gasteiger partial charge in [-0.3, -0.25) is 4.79 Å². The van der Waals surface area contributed by atoms with Gasteiger partial charge in [-0.1, -0.05) is 26.7 Å². The predicted octanol–water partition coefficient (Wildman–Crippen LogP) is 2.12. The van der Waals surface area contributed by atoms with E-state index >= 15 is 0 Å². The van der Waals surface area contributed by atoms with Gasteiger partial charge in [-0.2, -0.15) is 0 Å². The Kier molecular flexibility index (Phi) is 5.95. The van der Waals surface area contributed by atoms with Crippen LogP contribution in [-0.2, 0) is 4.79 Å². The van der Waals surface area contributed by atoms with Crippen molar-refractivity contribution in [1.29, 1.82) is 0 Å². The summed E-state index contributed by atoms with van der Waals surface area (Å²) in [6.45, 7) is 4.12. The third-order valence-corrected chi connectivity index (χ3v) is 3.29. The molecule has 18 heavy (non-hydrogen) atoms. The number of rotatable bonds is 8. The molecular formula is C13H24N2O3. The molecule has 2 amide bonds. The van der Waals surface area contributed by atoms with Crippen LogP contribution in [-0.4, -0.2) is 29.2 Å². The molecule has 0 aromatic rings. The van der Waals surface area contributed by atoms with E-state index in [-0.39, 0.29) is 24.5 Å². The summed E-state index contributed by atoms with van der Waals surface area (Å²) in [5, 5.41) is 14.4. The molecular weight excluding hydrogens is 232 g/mol. The smallest absolute Gasteiger partial charge is 0.315 e. The third kappa shape index (κ3) is 5.38. The standard InChI is InChI=1S/C13H24N2O3/c1-3-5-9-7-11(9)15-13(18)14-10(6-4-2)8-12(16)17/h9-11H,3-8H2,1-2H3,(H,16,17)(H2,14,15,18). The minimum atomic E-state index is -0.871. The number of carbonyl (C=O) groups excluding carboxylic acids is 1. The molecule has 1 fully saturated rings. The van der Waals surface area contributed by atoms with Gasteiger partial charge in [0, 0.05) is 12.1 Å². The molecule has 5 nitrogen and oxygen atoms in total. The highest BCUT2D eigenvalue weighted by molar-refractivity contribution is 5.76. The number of carboxylic acid groups (broad SMARTS) is 1. The van der Waals surface area contributed by atoms with Gasteiger partial charge in [-0.25, -0.2) is 4.79 Å². The van der Waals surface area contributed by atoms with Crippen LogP contribution in [0, 0.1) is 5.92 Å². The Bertz CT molecular complexity index is 294. The SMILES string of the molecule is CCCC(CC(=O)O)NC(=O)NC1CC1CCC. The first kappa shape index (κ1) is 14.8. The molecule has 3 unspecified atom stereocenters. The number of amides is 2. The van der Waals surface area contributed by atoms with Crippen molar-refractivity contribution in [1.82, 2.24) is 10.6 Å². The van der Waals surface area contributed by atoms with Crippen LogP contribution in [0.4, 0.5) is 4.79 Å². The molecule has 0 saturated heterocycles. The molecule has 1 rings (SSSR count). The van der Waals surface area contributed by atoms with Gasteiger partial charge in [0.05, 0.1) is 6.42 Å². The number of hydrogen-bond donors (Lipinski definition) is 3. The van der Waals surface area contributed by atoms with Crippen LogP contribution < -0.4 is 10.6 Å². The lowest BCUT2D eigenvalue weighted by Crippen LogP contribution is -2.44. The summed E-state index contributed by atoms with van der Waals surface area (Å²) in [4.78, 5) is 22.4. The normalized spacial score (nSPS) is 23.2. The Hall–Kier alpha value is -1.26. The Morgan fingerprint density at radius 1 is 1.33 bits per heavy atom. The largest absolute Gasteiger partial charge is 0.481 e. The van der Waals surface area contributed by atoms with Crippen LogP contribution in [0.15, 0.2) is 0 Å². The molecule has 1 aliphatic rings. The van der Waals surface area contributed by atoms with E-state index in [9.17, 15) is 9.59 Å². The first-order valence-corrected chi connectivity index (χ1v) is 6.85. The summed E-state index contributed by atoms with van der Waals surface area (Å²) in [6, 6.07) is -0.203. The molecule has 0 heterocycles. The quantitative estimate of drug-likeness (QED) is 0.622. The third-order valence-electron chi connectivity index (χ3n) is 3.29. The average molecular weight is 256 g/mol. The summed E-state index contributed by atoms with van der Waals surface area (Å²) >= 11 is 0. The second-order valence-electron chi connectivity index (χ2n) is 5.09. The minimum absolute atomic E-state index is 0.00961. The molecule has 0 radical (unpaired) electrons. The van der Waals surface area contributed by atoms with E-state index in [2.05, 4.69) is 17.6 Å². The van der Waals surface area contributed by atoms with Gasteiger partial charge in [-0.05, 0) is 25.2 Å². The summed E-state index contributed by atoms with van der Waals surface area (Å²) in [7, 11) is 0. The highest BCUT2D eigenvalue weighted by Gasteiger charge is 2.37. The van der Waals surface area contributed by atoms with Gasteiger partial charge in [0.15, 0.2) is 0 Å². The highest BCUT2D eigenvalue weighted by atomic mass is 16.4. The minimum Gasteiger partial charge on any atom is -0.481 e. The highest BCUT2D eigenvalue weighted by Crippen LogP contribution is 2.34. The Labute approximate surface area is 108 Å². The molecule has 0 spiro atoms. The van der Waals surface area contributed by atoms with Gasteiger partial charge in [0.1, 0.15) is 0 Å². The fourth-order valence-electron chi connectivity index (χ4n) is 2.29. The van der Waals surface area contributed by atoms with E-state index in [1.807, 2.05) is 6.92 Å². The van der Waals surface area contributed by atoms with Crippen molar-refractivity contribution in [3.63, 3.8) is 0 Å². The van der Waals surface area contributed by atoms with E-state index in [0.29, 0.717) is 12.3 Å². The molecule has 0 aromatic carbocycles. The fourth-order valence-corrected chi connectivity index (χ4v) is 2.29. The van der Waals surface area contributed by atoms with Crippen LogP contribution in [0.2, 0.25) is 0 Å². The van der Waals surface area contributed by atoms with Crippen LogP contribution in [0.1, 0.15) is 52.4 Å². The van der Waals surface area contributed by atoms with E-state index in [4.69, 9.17) is 5.11 Å². The Balaban J connectivity index is 2.26. The van der Waals surface area contributed by atoms with Gasteiger partial charge >= 0.3 is 12.0 Å². The van der Waals surface area contributed by atoms with E-state index in [0.717, 1.165) is 25.7 Å². The van der Waals surface area contributed by atoms with Crippen molar-refractivity contribution in [2.24, 2.45) is 5.92 Å². The summed E-state index contributed by atoms with van der Waals surface area (Å²) in [5.74, 6) is -0.256. The Morgan fingerprint density at radius 2 is 2.06 bits per heavy atom. The maximum absolute atomic E-state index is 11.7. The molecule has 1 aliphatic carbocycles. The molecule has 3 N–H and O–H groups in total. The number of hydrogen-bond acceptors (Lipinski definition) is 2. The van der Waals surface area contributed by atoms with Gasteiger partial charge in [0.25, 0.3) is 0 Å². The maximum atomic E-state index is 11.7. The summed E-state index contributed by atoms with van der Waals surface area (Å²) < 4.78 is 0. The van der Waals surface area contributed by atoms with E-state index in [1.165, 1.54) is 0 Å². The number of aliphatic carboxylic acids is 1. The molecule has 1 saturated carbocycles. The van der Waals surface area contributed by atoms with E-state index in [1.54, 1.807) is 0 Å². The van der Waals surface area contributed by atoms with Crippen LogP contribution in [0.25, 0.3) is 0 Å². The maximum Gasteiger partial charge on any atom is 0.315 e. The zero-order chi connectivity index (χ0) is 13.5. The van der Waals surface area contributed by atoms with Crippen molar-refractivity contribution in [3.05, 3.63) is 0 Å². The summed E-state index contributed by atoms with van der Waals surface area (Å²) in [6.07, 6.45) is 4.90. The van der Waals surface area contributed by atoms with Crippen LogP contribution in [0.3, 0.4) is 0 Å². The molecule has 5 heteroatoms. The first-order valence-electron chi connectivity index (χ1n) is 6.85. The van der Waals surface area contributed by atoms with E-state index < -0.39 is 5.97 Å². The Morgan fingerprint density at radius 3 is 2.61 bits per heavy atom. The topological polar surface area (TPSA) is 78.4 Å². The zero-order valence-electron chi connectivity index (χ0n) is 11.2. The fraction of sp³-hybridized carbons (Fsp3) is 0.846. The van der Waals surface area contributed by atoms with Gasteiger partial charge in [0.2, 0.25) is 0 Å². The second-order valence-corrected chi connectivity index (χ2v) is 5.09. The molecule has 0 aliphatic heterocycles. The lowest BCUT2D eigenvalue weighted by molar-refractivity contribution is -0.137. The summed E-state index contributed by atoms with van der Waals surface area (Å²) in [5.41, 5.74) is 0. The van der Waals surface area contributed by atoms with Crippen molar-refractivity contribution >= 4 is 12.0 Å². The number of nitrogens with one attached hydrogen (secondary N) is 2. The van der Waals surface area contributed by atoms with Crippen LogP contribution in [0.5, 0.6) is 0 Å². The number of carbonyl (C=O) groups is 2.